The second-order valence-electron chi connectivity index (χ2n) is 7.71. The Morgan fingerprint density at radius 2 is 1.67 bits per heavy atom. The molecule has 7 nitrogen and oxygen atoms in total. The van der Waals surface area contributed by atoms with Gasteiger partial charge in [0.2, 0.25) is 0 Å². The van der Waals surface area contributed by atoms with Gasteiger partial charge in [-0.25, -0.2) is 4.79 Å². The zero-order valence-corrected chi connectivity index (χ0v) is 17.7. The number of anilines is 1. The maximum atomic E-state index is 12.5. The van der Waals surface area contributed by atoms with Crippen molar-refractivity contribution in [3.63, 3.8) is 0 Å². The number of hydrogen-bond acceptors (Lipinski definition) is 6. The van der Waals surface area contributed by atoms with Gasteiger partial charge in [0, 0.05) is 17.2 Å². The Balaban J connectivity index is 1.75. The number of nitrogens with one attached hydrogen (secondary N) is 1. The molecule has 1 aliphatic heterocycles. The Hall–Kier alpha value is -3.48. The van der Waals surface area contributed by atoms with Crippen LogP contribution >= 0.6 is 0 Å². The van der Waals surface area contributed by atoms with Gasteiger partial charge in [-0.05, 0) is 50.6 Å². The molecule has 7 heteroatoms. The van der Waals surface area contributed by atoms with Crippen molar-refractivity contribution < 1.29 is 28.5 Å². The van der Waals surface area contributed by atoms with Crippen molar-refractivity contribution in [2.75, 3.05) is 26.1 Å². The highest BCUT2D eigenvalue weighted by Crippen LogP contribution is 2.41. The van der Waals surface area contributed by atoms with Crippen molar-refractivity contribution in [1.82, 2.24) is 0 Å². The zero-order chi connectivity index (χ0) is 21.9. The summed E-state index contributed by atoms with van der Waals surface area (Å²) in [6, 6.07) is 10.6. The molecule has 0 saturated carbocycles. The maximum Gasteiger partial charge on any atom is 0.344 e. The summed E-state index contributed by atoms with van der Waals surface area (Å²) in [4.78, 5) is 24.2. The summed E-state index contributed by atoms with van der Waals surface area (Å²) in [6.45, 7) is 5.23. The van der Waals surface area contributed by atoms with Gasteiger partial charge in [-0.15, -0.1) is 0 Å². The number of esters is 1. The van der Waals surface area contributed by atoms with Crippen molar-refractivity contribution in [2.45, 2.75) is 26.4 Å². The number of fused-ring (bicyclic) bond motifs is 1. The summed E-state index contributed by atoms with van der Waals surface area (Å²) < 4.78 is 21.3. The molecule has 3 rings (SSSR count). The first-order chi connectivity index (χ1) is 14.2. The third-order valence-electron chi connectivity index (χ3n) is 4.27. The van der Waals surface area contributed by atoms with Crippen LogP contribution in [-0.4, -0.2) is 38.3 Å². The minimum absolute atomic E-state index is 0.172. The van der Waals surface area contributed by atoms with Gasteiger partial charge in [-0.3, -0.25) is 4.79 Å². The fourth-order valence-electron chi connectivity index (χ4n) is 3.00. The summed E-state index contributed by atoms with van der Waals surface area (Å²) >= 11 is 0. The molecule has 1 aliphatic rings. The van der Waals surface area contributed by atoms with Crippen molar-refractivity contribution in [2.24, 2.45) is 0 Å². The Bertz CT molecular complexity index is 986. The zero-order valence-electron chi connectivity index (χ0n) is 17.7. The van der Waals surface area contributed by atoms with Crippen LogP contribution in [0.4, 0.5) is 5.69 Å². The Labute approximate surface area is 175 Å². The van der Waals surface area contributed by atoms with Crippen LogP contribution in [0.2, 0.25) is 0 Å². The summed E-state index contributed by atoms with van der Waals surface area (Å²) in [5.74, 6) is 0.988. The predicted molar refractivity (Wildman–Crippen MR) is 114 cm³/mol. The standard InChI is InChI=1S/C23H25NO6/c1-23(2,3)30-21(25)13-29-15-8-6-14(7-9-15)10-17-16-11-19(27-4)20(28-5)12-18(16)24-22(17)26/h6-12H,13H2,1-5H3,(H,24,26)/b17-10+. The van der Waals surface area contributed by atoms with Crippen LogP contribution < -0.4 is 19.5 Å². The van der Waals surface area contributed by atoms with E-state index >= 15 is 0 Å². The number of rotatable bonds is 6. The molecule has 0 atom stereocenters. The molecule has 0 aromatic heterocycles. The number of hydrogen-bond donors (Lipinski definition) is 1. The van der Waals surface area contributed by atoms with Crippen LogP contribution in [0.1, 0.15) is 31.9 Å². The average molecular weight is 411 g/mol. The molecule has 0 saturated heterocycles. The van der Waals surface area contributed by atoms with Crippen LogP contribution in [0.15, 0.2) is 36.4 Å². The minimum Gasteiger partial charge on any atom is -0.493 e. The largest absolute Gasteiger partial charge is 0.493 e. The molecule has 0 spiro atoms. The van der Waals surface area contributed by atoms with Crippen molar-refractivity contribution in [3.05, 3.63) is 47.5 Å². The smallest absolute Gasteiger partial charge is 0.344 e. The Morgan fingerprint density at radius 3 is 2.27 bits per heavy atom. The van der Waals surface area contributed by atoms with Gasteiger partial charge in [-0.1, -0.05) is 12.1 Å². The summed E-state index contributed by atoms with van der Waals surface area (Å²) in [5.41, 5.74) is 2.19. The van der Waals surface area contributed by atoms with E-state index in [1.54, 1.807) is 65.3 Å². The molecular formula is C23H25NO6. The highest BCUT2D eigenvalue weighted by molar-refractivity contribution is 6.35. The molecule has 2 aromatic rings. The van der Waals surface area contributed by atoms with E-state index in [0.717, 1.165) is 11.1 Å². The third-order valence-corrected chi connectivity index (χ3v) is 4.27. The molecule has 158 valence electrons. The molecule has 1 amide bonds. The van der Waals surface area contributed by atoms with Crippen LogP contribution in [-0.2, 0) is 14.3 Å². The number of amides is 1. The lowest BCUT2D eigenvalue weighted by molar-refractivity contribution is -0.157. The van der Waals surface area contributed by atoms with Crippen molar-refractivity contribution >= 4 is 29.2 Å². The van der Waals surface area contributed by atoms with E-state index in [1.807, 2.05) is 12.1 Å². The van der Waals surface area contributed by atoms with E-state index in [1.165, 1.54) is 0 Å². The molecule has 0 bridgehead atoms. The highest BCUT2D eigenvalue weighted by Gasteiger charge is 2.26. The fourth-order valence-corrected chi connectivity index (χ4v) is 3.00. The molecule has 0 radical (unpaired) electrons. The summed E-state index contributed by atoms with van der Waals surface area (Å²) in [6.07, 6.45) is 1.78. The van der Waals surface area contributed by atoms with Crippen molar-refractivity contribution in [3.8, 4) is 17.2 Å². The lowest BCUT2D eigenvalue weighted by atomic mass is 10.0. The number of ether oxygens (including phenoxy) is 4. The van der Waals surface area contributed by atoms with Gasteiger partial charge in [0.05, 0.1) is 19.9 Å². The lowest BCUT2D eigenvalue weighted by Crippen LogP contribution is -2.27. The number of benzene rings is 2. The lowest BCUT2D eigenvalue weighted by Gasteiger charge is -2.19. The number of carbonyl (C=O) groups excluding carboxylic acids is 2. The molecule has 0 aliphatic carbocycles. The van der Waals surface area contributed by atoms with E-state index in [0.29, 0.717) is 28.5 Å². The van der Waals surface area contributed by atoms with Gasteiger partial charge < -0.3 is 24.3 Å². The first-order valence-corrected chi connectivity index (χ1v) is 9.44. The molecule has 1 N–H and O–H groups in total. The second kappa shape index (κ2) is 8.49. The van der Waals surface area contributed by atoms with Crippen molar-refractivity contribution in [1.29, 1.82) is 0 Å². The molecular weight excluding hydrogens is 386 g/mol. The SMILES string of the molecule is COc1cc2c(cc1OC)/C(=C\c1ccc(OCC(=O)OC(C)(C)C)cc1)C(=O)N2. The molecule has 30 heavy (non-hydrogen) atoms. The molecule has 1 heterocycles. The molecule has 2 aromatic carbocycles. The van der Waals surface area contributed by atoms with Gasteiger partial charge >= 0.3 is 5.97 Å². The van der Waals surface area contributed by atoms with Gasteiger partial charge in [0.25, 0.3) is 5.91 Å². The highest BCUT2D eigenvalue weighted by atomic mass is 16.6. The Morgan fingerprint density at radius 1 is 1.03 bits per heavy atom. The van der Waals surface area contributed by atoms with E-state index in [2.05, 4.69) is 5.32 Å². The third kappa shape index (κ3) is 4.92. The number of methoxy groups -OCH3 is 2. The van der Waals surface area contributed by atoms with Crippen LogP contribution in [0, 0.1) is 0 Å². The first-order valence-electron chi connectivity index (χ1n) is 9.44. The van der Waals surface area contributed by atoms with E-state index < -0.39 is 11.6 Å². The van der Waals surface area contributed by atoms with Gasteiger partial charge in [0.1, 0.15) is 11.4 Å². The minimum atomic E-state index is -0.554. The summed E-state index contributed by atoms with van der Waals surface area (Å²) in [7, 11) is 3.10. The van der Waals surface area contributed by atoms with E-state index in [9.17, 15) is 9.59 Å². The van der Waals surface area contributed by atoms with Crippen LogP contribution in [0.25, 0.3) is 11.6 Å². The summed E-state index contributed by atoms with van der Waals surface area (Å²) in [5, 5.41) is 2.84. The molecule has 0 unspecified atom stereocenters. The number of carbonyl (C=O) groups is 2. The monoisotopic (exact) mass is 411 g/mol. The van der Waals surface area contributed by atoms with Gasteiger partial charge in [-0.2, -0.15) is 0 Å². The quantitative estimate of drug-likeness (QED) is 0.573. The van der Waals surface area contributed by atoms with Crippen LogP contribution in [0.3, 0.4) is 0 Å². The fraction of sp³-hybridized carbons (Fsp3) is 0.304. The first kappa shape index (κ1) is 21.2. The second-order valence-corrected chi connectivity index (χ2v) is 7.71. The molecule has 0 fully saturated rings. The average Bonchev–Trinajstić information content (AvgIpc) is 2.99. The van der Waals surface area contributed by atoms with Gasteiger partial charge in [0.15, 0.2) is 18.1 Å². The van der Waals surface area contributed by atoms with E-state index in [4.69, 9.17) is 18.9 Å². The van der Waals surface area contributed by atoms with E-state index in [-0.39, 0.29) is 12.5 Å². The maximum absolute atomic E-state index is 12.5. The normalized spacial score (nSPS) is 14.2. The Kier molecular flexibility index (Phi) is 6.01. The predicted octanol–water partition coefficient (Wildman–Crippen LogP) is 3.92. The topological polar surface area (TPSA) is 83.1 Å². The van der Waals surface area contributed by atoms with Crippen LogP contribution in [0.5, 0.6) is 17.2 Å².